The molecule has 4 rings (SSSR count). The second-order valence-electron chi connectivity index (χ2n) is 6.72. The maximum atomic E-state index is 6.16. The predicted molar refractivity (Wildman–Crippen MR) is 92.3 cm³/mol. The van der Waals surface area contributed by atoms with E-state index in [0.29, 0.717) is 6.61 Å². The van der Waals surface area contributed by atoms with Crippen molar-refractivity contribution in [1.82, 2.24) is 15.2 Å². The second-order valence-corrected chi connectivity index (χ2v) is 7.88. The number of rotatable bonds is 4. The molecule has 2 aromatic heterocycles. The third-order valence-corrected chi connectivity index (χ3v) is 5.71. The first-order valence-electron chi connectivity index (χ1n) is 8.34. The molecule has 2 saturated heterocycles. The zero-order chi connectivity index (χ0) is 16.6. The van der Waals surface area contributed by atoms with Gasteiger partial charge < -0.3 is 14.4 Å². The van der Waals surface area contributed by atoms with Crippen molar-refractivity contribution in [1.29, 1.82) is 0 Å². The van der Waals surface area contributed by atoms with Crippen molar-refractivity contribution >= 4 is 16.5 Å². The van der Waals surface area contributed by atoms with Crippen LogP contribution in [0.2, 0.25) is 0 Å². The van der Waals surface area contributed by atoms with Crippen molar-refractivity contribution in [2.45, 2.75) is 45.0 Å². The number of nitrogens with zero attached hydrogens (tertiary/aromatic N) is 4. The van der Waals surface area contributed by atoms with Gasteiger partial charge in [0.1, 0.15) is 10.6 Å². The van der Waals surface area contributed by atoms with E-state index in [1.807, 2.05) is 25.4 Å². The average Bonchev–Trinajstić information content (AvgIpc) is 2.98. The molecular weight excluding hydrogens is 324 g/mol. The molecule has 0 amide bonds. The van der Waals surface area contributed by atoms with Crippen LogP contribution in [-0.2, 0) is 16.1 Å². The summed E-state index contributed by atoms with van der Waals surface area (Å²) in [6.07, 6.45) is 5.87. The number of ether oxygens (including phenoxy) is 2. The van der Waals surface area contributed by atoms with Crippen molar-refractivity contribution < 1.29 is 9.47 Å². The number of aromatic nitrogens is 3. The number of hydrogen-bond acceptors (Lipinski definition) is 7. The lowest BCUT2D eigenvalue weighted by atomic mass is 9.85. The quantitative estimate of drug-likeness (QED) is 0.848. The van der Waals surface area contributed by atoms with Crippen LogP contribution in [0.1, 0.15) is 29.0 Å². The first-order valence-corrected chi connectivity index (χ1v) is 9.15. The molecular formula is C17H22N4O2S. The van der Waals surface area contributed by atoms with Gasteiger partial charge in [0, 0.05) is 25.4 Å². The summed E-state index contributed by atoms with van der Waals surface area (Å²) in [7, 11) is 0. The molecule has 0 aromatic carbocycles. The first kappa shape index (κ1) is 15.9. The van der Waals surface area contributed by atoms with Crippen LogP contribution in [0.5, 0.6) is 0 Å². The molecule has 2 aromatic rings. The SMILES string of the molecule is Cc1nnc(N2CC3(CC(OCc4cnccc4C)CCO3)C2)s1. The van der Waals surface area contributed by atoms with Gasteiger partial charge >= 0.3 is 0 Å². The van der Waals surface area contributed by atoms with Crippen LogP contribution in [0.15, 0.2) is 18.5 Å². The largest absolute Gasteiger partial charge is 0.373 e. The zero-order valence-electron chi connectivity index (χ0n) is 14.1. The molecule has 0 bridgehead atoms. The highest BCUT2D eigenvalue weighted by Gasteiger charge is 2.48. The minimum atomic E-state index is -0.0769. The summed E-state index contributed by atoms with van der Waals surface area (Å²) in [5, 5.41) is 10.3. The molecule has 1 unspecified atom stereocenters. The van der Waals surface area contributed by atoms with Crippen LogP contribution in [0.3, 0.4) is 0 Å². The summed E-state index contributed by atoms with van der Waals surface area (Å²) >= 11 is 1.64. The van der Waals surface area contributed by atoms with Crippen LogP contribution >= 0.6 is 11.3 Å². The van der Waals surface area contributed by atoms with Crippen LogP contribution < -0.4 is 4.90 Å². The number of aryl methyl sites for hydroxylation is 2. The van der Waals surface area contributed by atoms with Gasteiger partial charge in [0.05, 0.1) is 25.8 Å². The summed E-state index contributed by atoms with van der Waals surface area (Å²) in [5.74, 6) is 0. The van der Waals surface area contributed by atoms with Gasteiger partial charge in [-0.1, -0.05) is 11.3 Å². The predicted octanol–water partition coefficient (Wildman–Crippen LogP) is 2.50. The first-order chi connectivity index (χ1) is 11.6. The van der Waals surface area contributed by atoms with E-state index in [0.717, 1.165) is 48.2 Å². The highest BCUT2D eigenvalue weighted by molar-refractivity contribution is 7.15. The zero-order valence-corrected chi connectivity index (χ0v) is 14.9. The van der Waals surface area contributed by atoms with E-state index in [-0.39, 0.29) is 11.7 Å². The van der Waals surface area contributed by atoms with Gasteiger partial charge in [0.2, 0.25) is 5.13 Å². The van der Waals surface area contributed by atoms with Crippen molar-refractivity contribution in [2.75, 3.05) is 24.6 Å². The molecule has 6 nitrogen and oxygen atoms in total. The van der Waals surface area contributed by atoms with Gasteiger partial charge in [0.15, 0.2) is 0 Å². The molecule has 1 atom stereocenters. The van der Waals surface area contributed by atoms with Gasteiger partial charge in [-0.25, -0.2) is 0 Å². The standard InChI is InChI=1S/C17H22N4O2S/c1-12-3-5-18-8-14(12)9-22-15-4-6-23-17(7-15)10-21(11-17)16-20-19-13(2)24-16/h3,5,8,15H,4,6-7,9-11H2,1-2H3. The maximum absolute atomic E-state index is 6.16. The van der Waals surface area contributed by atoms with Gasteiger partial charge in [-0.2, -0.15) is 0 Å². The molecule has 2 aliphatic rings. The molecule has 24 heavy (non-hydrogen) atoms. The van der Waals surface area contributed by atoms with E-state index in [1.165, 1.54) is 5.56 Å². The molecule has 128 valence electrons. The van der Waals surface area contributed by atoms with Gasteiger partial charge in [-0.15, -0.1) is 10.2 Å². The Kier molecular flexibility index (Phi) is 4.24. The summed E-state index contributed by atoms with van der Waals surface area (Å²) in [4.78, 5) is 6.44. The van der Waals surface area contributed by atoms with Crippen molar-refractivity contribution in [3.63, 3.8) is 0 Å². The van der Waals surface area contributed by atoms with Crippen LogP contribution in [0, 0.1) is 13.8 Å². The average molecular weight is 346 g/mol. The van der Waals surface area contributed by atoms with Gasteiger partial charge in [0.25, 0.3) is 0 Å². The van der Waals surface area contributed by atoms with E-state index in [4.69, 9.17) is 9.47 Å². The maximum Gasteiger partial charge on any atom is 0.208 e. The summed E-state index contributed by atoms with van der Waals surface area (Å²) in [5.41, 5.74) is 2.32. The molecule has 0 radical (unpaired) electrons. The number of pyridine rings is 1. The Morgan fingerprint density at radius 3 is 3.00 bits per heavy atom. The summed E-state index contributed by atoms with van der Waals surface area (Å²) in [6, 6.07) is 2.03. The smallest absolute Gasteiger partial charge is 0.208 e. The molecule has 0 saturated carbocycles. The van der Waals surface area contributed by atoms with E-state index in [9.17, 15) is 0 Å². The minimum absolute atomic E-state index is 0.0769. The molecule has 7 heteroatoms. The highest BCUT2D eigenvalue weighted by atomic mass is 32.1. The van der Waals surface area contributed by atoms with Gasteiger partial charge in [-0.05, 0) is 37.5 Å². The Balaban J connectivity index is 1.33. The van der Waals surface area contributed by atoms with E-state index >= 15 is 0 Å². The fourth-order valence-corrected chi connectivity index (χ4v) is 4.09. The summed E-state index contributed by atoms with van der Waals surface area (Å²) < 4.78 is 12.3. The Labute approximate surface area is 145 Å². The Bertz CT molecular complexity index is 714. The third-order valence-electron chi connectivity index (χ3n) is 4.81. The van der Waals surface area contributed by atoms with E-state index in [1.54, 1.807) is 11.3 Å². The Morgan fingerprint density at radius 2 is 2.25 bits per heavy atom. The third kappa shape index (κ3) is 3.16. The molecule has 2 aliphatic heterocycles. The van der Waals surface area contributed by atoms with E-state index in [2.05, 4.69) is 27.0 Å². The summed E-state index contributed by atoms with van der Waals surface area (Å²) in [6.45, 7) is 7.23. The van der Waals surface area contributed by atoms with Crippen molar-refractivity contribution in [3.8, 4) is 0 Å². The lowest BCUT2D eigenvalue weighted by molar-refractivity contribution is -0.148. The highest BCUT2D eigenvalue weighted by Crippen LogP contribution is 2.38. The molecule has 1 spiro atoms. The molecule has 4 heterocycles. The normalized spacial score (nSPS) is 22.6. The van der Waals surface area contributed by atoms with Crippen LogP contribution in [0.25, 0.3) is 0 Å². The van der Waals surface area contributed by atoms with Gasteiger partial charge in [-0.3, -0.25) is 4.98 Å². The number of hydrogen-bond donors (Lipinski definition) is 0. The van der Waals surface area contributed by atoms with Crippen molar-refractivity contribution in [2.24, 2.45) is 0 Å². The lowest BCUT2D eigenvalue weighted by Crippen LogP contribution is -2.66. The van der Waals surface area contributed by atoms with Crippen molar-refractivity contribution in [3.05, 3.63) is 34.6 Å². The monoisotopic (exact) mass is 346 g/mol. The minimum Gasteiger partial charge on any atom is -0.373 e. The topological polar surface area (TPSA) is 60.4 Å². The van der Waals surface area contributed by atoms with Crippen LogP contribution in [0.4, 0.5) is 5.13 Å². The number of anilines is 1. The molecule has 0 aliphatic carbocycles. The fraction of sp³-hybridized carbons (Fsp3) is 0.588. The fourth-order valence-electron chi connectivity index (χ4n) is 3.40. The molecule has 0 N–H and O–H groups in total. The van der Waals surface area contributed by atoms with Crippen LogP contribution in [-0.4, -0.2) is 46.6 Å². The molecule has 2 fully saturated rings. The lowest BCUT2D eigenvalue weighted by Gasteiger charge is -2.52. The Hall–Kier alpha value is -1.57. The Morgan fingerprint density at radius 1 is 1.38 bits per heavy atom. The second kappa shape index (κ2) is 6.38. The van der Waals surface area contributed by atoms with E-state index < -0.39 is 0 Å².